The summed E-state index contributed by atoms with van der Waals surface area (Å²) in [5.41, 5.74) is 0.967. The van der Waals surface area contributed by atoms with Crippen molar-refractivity contribution in [2.75, 3.05) is 5.32 Å². The van der Waals surface area contributed by atoms with Gasteiger partial charge in [0.05, 0.1) is 16.9 Å². The largest absolute Gasteiger partial charge is 0.456 e. The number of para-hydroxylation sites is 1. The lowest BCUT2D eigenvalue weighted by Crippen LogP contribution is -2.25. The molecule has 0 unspecified atom stereocenters. The number of benzene rings is 1. The van der Waals surface area contributed by atoms with E-state index < -0.39 is 5.97 Å². The number of fused-ring (bicyclic) bond motifs is 1. The highest BCUT2D eigenvalue weighted by Gasteiger charge is 2.23. The molecule has 1 aromatic carbocycles. The van der Waals surface area contributed by atoms with Crippen LogP contribution in [0.25, 0.3) is 5.65 Å². The Morgan fingerprint density at radius 3 is 2.77 bits per heavy atom. The highest BCUT2D eigenvalue weighted by molar-refractivity contribution is 6.01. The number of hydrogen-bond donors (Lipinski definition) is 1. The van der Waals surface area contributed by atoms with E-state index in [4.69, 9.17) is 9.26 Å². The lowest BCUT2D eigenvalue weighted by molar-refractivity contribution is -0.120. The minimum atomic E-state index is -0.597. The van der Waals surface area contributed by atoms with Crippen LogP contribution in [0, 0.1) is 12.8 Å². The molecule has 1 amide bonds. The molecule has 1 aliphatic rings. The van der Waals surface area contributed by atoms with Crippen LogP contribution in [0.15, 0.2) is 45.7 Å². The van der Waals surface area contributed by atoms with Crippen molar-refractivity contribution >= 4 is 23.2 Å². The van der Waals surface area contributed by atoms with Gasteiger partial charge in [0.15, 0.2) is 5.65 Å². The van der Waals surface area contributed by atoms with Crippen molar-refractivity contribution in [1.29, 1.82) is 0 Å². The van der Waals surface area contributed by atoms with Crippen molar-refractivity contribution < 1.29 is 18.8 Å². The van der Waals surface area contributed by atoms with E-state index in [1.165, 1.54) is 6.07 Å². The van der Waals surface area contributed by atoms with Gasteiger partial charge in [-0.05, 0) is 31.9 Å². The van der Waals surface area contributed by atoms with Crippen LogP contribution in [-0.2, 0) is 16.1 Å². The van der Waals surface area contributed by atoms with Crippen LogP contribution in [0.2, 0.25) is 0 Å². The third-order valence-electron chi connectivity index (χ3n) is 5.26. The van der Waals surface area contributed by atoms with E-state index in [2.05, 4.69) is 10.3 Å². The predicted molar refractivity (Wildman–Crippen MR) is 109 cm³/mol. The minimum absolute atomic E-state index is 0.0230. The maximum absolute atomic E-state index is 12.6. The Balaban J connectivity index is 1.46. The van der Waals surface area contributed by atoms with Gasteiger partial charge in [0, 0.05) is 18.1 Å². The number of esters is 1. The van der Waals surface area contributed by atoms with Gasteiger partial charge in [0.25, 0.3) is 5.56 Å². The Bertz CT molecular complexity index is 1140. The molecule has 0 bridgehead atoms. The molecule has 1 fully saturated rings. The Morgan fingerprint density at radius 1 is 1.20 bits per heavy atom. The normalized spacial score (nSPS) is 14.6. The third kappa shape index (κ3) is 4.27. The van der Waals surface area contributed by atoms with Gasteiger partial charge in [-0.2, -0.15) is 0 Å². The standard InChI is InChI=1S/C22H23N3O5/c1-14-11-19-23-16(12-20(26)25(19)30-14)13-29-22(28)17-9-5-6-10-18(17)24-21(27)15-7-3-2-4-8-15/h5-6,9-12,15H,2-4,7-8,13H2,1H3,(H,24,27). The smallest absolute Gasteiger partial charge is 0.340 e. The van der Waals surface area contributed by atoms with Gasteiger partial charge >= 0.3 is 5.97 Å². The molecule has 0 atom stereocenters. The van der Waals surface area contributed by atoms with Gasteiger partial charge in [0.1, 0.15) is 12.4 Å². The van der Waals surface area contributed by atoms with E-state index in [1.807, 2.05) is 0 Å². The molecule has 2 heterocycles. The third-order valence-corrected chi connectivity index (χ3v) is 5.26. The summed E-state index contributed by atoms with van der Waals surface area (Å²) < 4.78 is 11.7. The van der Waals surface area contributed by atoms with Crippen LogP contribution in [0.1, 0.15) is 53.9 Å². The molecular formula is C22H23N3O5. The van der Waals surface area contributed by atoms with Crippen molar-refractivity contribution in [1.82, 2.24) is 9.56 Å². The van der Waals surface area contributed by atoms with Gasteiger partial charge in [-0.25, -0.2) is 9.78 Å². The van der Waals surface area contributed by atoms with Gasteiger partial charge in [-0.1, -0.05) is 31.4 Å². The molecule has 0 spiro atoms. The number of nitrogens with zero attached hydrogens (tertiary/aromatic N) is 2. The first kappa shape index (κ1) is 19.9. The topological polar surface area (TPSA) is 103 Å². The average molecular weight is 409 g/mol. The van der Waals surface area contributed by atoms with E-state index in [0.29, 0.717) is 22.8 Å². The lowest BCUT2D eigenvalue weighted by atomic mass is 9.88. The van der Waals surface area contributed by atoms with Crippen molar-refractivity contribution in [3.8, 4) is 0 Å². The van der Waals surface area contributed by atoms with E-state index >= 15 is 0 Å². The van der Waals surface area contributed by atoms with Gasteiger partial charge in [-0.15, -0.1) is 4.57 Å². The quantitative estimate of drug-likeness (QED) is 0.647. The van der Waals surface area contributed by atoms with E-state index in [9.17, 15) is 14.4 Å². The molecular weight excluding hydrogens is 386 g/mol. The van der Waals surface area contributed by atoms with Crippen LogP contribution < -0.4 is 10.9 Å². The number of nitrogens with one attached hydrogen (secondary N) is 1. The predicted octanol–water partition coefficient (Wildman–Crippen LogP) is 3.47. The number of hydrogen-bond acceptors (Lipinski definition) is 6. The first-order valence-corrected chi connectivity index (χ1v) is 10.1. The van der Waals surface area contributed by atoms with Crippen molar-refractivity contribution in [3.05, 3.63) is 63.8 Å². The maximum atomic E-state index is 12.6. The second-order valence-electron chi connectivity index (χ2n) is 7.53. The number of carbonyl (C=O) groups excluding carboxylic acids is 2. The molecule has 3 aromatic rings. The van der Waals surface area contributed by atoms with Gasteiger partial charge in [-0.3, -0.25) is 9.59 Å². The second-order valence-corrected chi connectivity index (χ2v) is 7.53. The van der Waals surface area contributed by atoms with Gasteiger partial charge < -0.3 is 14.6 Å². The zero-order valence-electron chi connectivity index (χ0n) is 16.7. The molecule has 4 rings (SSSR count). The number of aryl methyl sites for hydroxylation is 1. The molecule has 0 aliphatic heterocycles. The molecule has 0 saturated heterocycles. The van der Waals surface area contributed by atoms with Crippen LogP contribution >= 0.6 is 0 Å². The summed E-state index contributed by atoms with van der Waals surface area (Å²) in [7, 11) is 0. The molecule has 30 heavy (non-hydrogen) atoms. The Hall–Kier alpha value is -3.42. The number of anilines is 1. The summed E-state index contributed by atoms with van der Waals surface area (Å²) in [5.74, 6) is -0.133. The fraction of sp³-hybridized carbons (Fsp3) is 0.364. The molecule has 0 radical (unpaired) electrons. The second kappa shape index (κ2) is 8.52. The van der Waals surface area contributed by atoms with Crippen molar-refractivity contribution in [2.45, 2.75) is 45.6 Å². The Morgan fingerprint density at radius 2 is 1.97 bits per heavy atom. The van der Waals surface area contributed by atoms with Crippen LogP contribution in [0.5, 0.6) is 0 Å². The van der Waals surface area contributed by atoms with Crippen molar-refractivity contribution in [3.63, 3.8) is 0 Å². The highest BCUT2D eigenvalue weighted by Crippen LogP contribution is 2.26. The van der Waals surface area contributed by atoms with Crippen molar-refractivity contribution in [2.24, 2.45) is 5.92 Å². The fourth-order valence-electron chi connectivity index (χ4n) is 3.73. The summed E-state index contributed by atoms with van der Waals surface area (Å²) in [6, 6.07) is 9.64. The summed E-state index contributed by atoms with van der Waals surface area (Å²) in [5, 5.41) is 2.87. The number of rotatable bonds is 5. The fourth-order valence-corrected chi connectivity index (χ4v) is 3.73. The molecule has 1 aliphatic carbocycles. The SMILES string of the molecule is Cc1cc2nc(COC(=O)c3ccccc3NC(=O)C3CCCCC3)cc(=O)n2o1. The molecule has 1 saturated carbocycles. The number of amides is 1. The first-order chi connectivity index (χ1) is 14.5. The lowest BCUT2D eigenvalue weighted by Gasteiger charge is -2.21. The first-order valence-electron chi connectivity index (χ1n) is 10.1. The maximum Gasteiger partial charge on any atom is 0.340 e. The Labute approximate surface area is 172 Å². The summed E-state index contributed by atoms with van der Waals surface area (Å²) in [6.07, 6.45) is 5.00. The number of carbonyl (C=O) groups is 2. The van der Waals surface area contributed by atoms with E-state index in [0.717, 1.165) is 36.7 Å². The zero-order valence-corrected chi connectivity index (χ0v) is 16.7. The van der Waals surface area contributed by atoms with Gasteiger partial charge in [0.2, 0.25) is 5.91 Å². The minimum Gasteiger partial charge on any atom is -0.456 e. The molecule has 2 aromatic heterocycles. The monoisotopic (exact) mass is 409 g/mol. The highest BCUT2D eigenvalue weighted by atomic mass is 16.5. The number of aromatic nitrogens is 2. The van der Waals surface area contributed by atoms with E-state index in [1.54, 1.807) is 37.3 Å². The summed E-state index contributed by atoms with van der Waals surface area (Å²) >= 11 is 0. The Kier molecular flexibility index (Phi) is 5.65. The molecule has 1 N–H and O–H groups in total. The van der Waals surface area contributed by atoms with Crippen LogP contribution in [0.4, 0.5) is 5.69 Å². The summed E-state index contributed by atoms with van der Waals surface area (Å²) in [6.45, 7) is 1.55. The average Bonchev–Trinajstić information content (AvgIpc) is 3.14. The zero-order chi connectivity index (χ0) is 21.1. The molecule has 8 heteroatoms. The summed E-state index contributed by atoms with van der Waals surface area (Å²) in [4.78, 5) is 41.6. The van der Waals surface area contributed by atoms with E-state index in [-0.39, 0.29) is 29.6 Å². The number of ether oxygens (including phenoxy) is 1. The molecule has 156 valence electrons. The van der Waals surface area contributed by atoms with Crippen LogP contribution in [-0.4, -0.2) is 21.4 Å². The van der Waals surface area contributed by atoms with Crippen LogP contribution in [0.3, 0.4) is 0 Å². The molecule has 8 nitrogen and oxygen atoms in total.